The van der Waals surface area contributed by atoms with Crippen LogP contribution >= 0.6 is 0 Å². The number of pyridine rings is 2. The van der Waals surface area contributed by atoms with E-state index in [1.165, 1.54) is 6.07 Å². The van der Waals surface area contributed by atoms with Crippen LogP contribution in [0, 0.1) is 24.1 Å². The first-order chi connectivity index (χ1) is 14.8. The van der Waals surface area contributed by atoms with Gasteiger partial charge in [0.15, 0.2) is 0 Å². The molecule has 6 nitrogen and oxygen atoms in total. The molecule has 1 saturated heterocycles. The summed E-state index contributed by atoms with van der Waals surface area (Å²) in [6, 6.07) is 12.3. The molecule has 0 amide bonds. The van der Waals surface area contributed by atoms with E-state index in [1.54, 1.807) is 35.9 Å². The van der Waals surface area contributed by atoms with E-state index in [1.807, 2.05) is 19.9 Å². The Kier molecular flexibility index (Phi) is 5.50. The van der Waals surface area contributed by atoms with Gasteiger partial charge in [0.05, 0.1) is 11.2 Å². The molecular formula is C24H26FN5O. The van der Waals surface area contributed by atoms with E-state index in [9.17, 15) is 14.4 Å². The van der Waals surface area contributed by atoms with Gasteiger partial charge in [-0.1, -0.05) is 12.1 Å². The smallest absolute Gasteiger partial charge is 0.252 e. The molecule has 0 saturated carbocycles. The lowest BCUT2D eigenvalue weighted by Crippen LogP contribution is -2.53. The Labute approximate surface area is 181 Å². The number of halogens is 1. The van der Waals surface area contributed by atoms with Crippen LogP contribution in [-0.4, -0.2) is 40.1 Å². The number of hydrogen-bond acceptors (Lipinski definition) is 5. The topological polar surface area (TPSA) is 65.2 Å². The van der Waals surface area contributed by atoms with Crippen LogP contribution in [0.15, 0.2) is 41.2 Å². The standard InChI is InChI=1S/C24H26FN5O/c1-15-6-5-7-19(25)23(15)17(3)29-10-11-30(16(2)14-29)21-12-22(31)28(4)20-9-8-18(13-26)27-24(20)21/h5-9,12,16-17H,10-11,14H2,1-4H3. The highest BCUT2D eigenvalue weighted by Crippen LogP contribution is 2.31. The van der Waals surface area contributed by atoms with Crippen molar-refractivity contribution in [2.24, 2.45) is 7.05 Å². The molecule has 0 bridgehead atoms. The lowest BCUT2D eigenvalue weighted by atomic mass is 9.99. The molecule has 4 rings (SSSR count). The molecule has 160 valence electrons. The van der Waals surface area contributed by atoms with Gasteiger partial charge in [0.2, 0.25) is 0 Å². The second-order valence-corrected chi connectivity index (χ2v) is 8.29. The van der Waals surface area contributed by atoms with Crippen molar-refractivity contribution >= 4 is 16.7 Å². The molecule has 7 heteroatoms. The van der Waals surface area contributed by atoms with Crippen LogP contribution in [0.4, 0.5) is 10.1 Å². The third kappa shape index (κ3) is 3.68. The normalized spacial score (nSPS) is 18.2. The highest BCUT2D eigenvalue weighted by Gasteiger charge is 2.30. The summed E-state index contributed by atoms with van der Waals surface area (Å²) >= 11 is 0. The molecule has 1 aromatic carbocycles. The van der Waals surface area contributed by atoms with Gasteiger partial charge in [-0.15, -0.1) is 0 Å². The summed E-state index contributed by atoms with van der Waals surface area (Å²) < 4.78 is 16.1. The number of piperazine rings is 1. The molecule has 0 radical (unpaired) electrons. The van der Waals surface area contributed by atoms with Crippen molar-refractivity contribution < 1.29 is 4.39 Å². The minimum atomic E-state index is -0.173. The molecule has 1 aliphatic rings. The Morgan fingerprint density at radius 3 is 2.71 bits per heavy atom. The SMILES string of the molecule is Cc1cccc(F)c1C(C)N1CCN(c2cc(=O)n(C)c3ccc(C#N)nc23)C(C)C1. The van der Waals surface area contributed by atoms with E-state index >= 15 is 0 Å². The van der Waals surface area contributed by atoms with Gasteiger partial charge in [-0.25, -0.2) is 9.37 Å². The summed E-state index contributed by atoms with van der Waals surface area (Å²) in [6.07, 6.45) is 0. The van der Waals surface area contributed by atoms with Gasteiger partial charge in [-0.3, -0.25) is 9.69 Å². The summed E-state index contributed by atoms with van der Waals surface area (Å²) in [5.41, 5.74) is 4.00. The van der Waals surface area contributed by atoms with E-state index in [0.29, 0.717) is 23.3 Å². The summed E-state index contributed by atoms with van der Waals surface area (Å²) in [4.78, 5) is 21.5. The van der Waals surface area contributed by atoms with Crippen LogP contribution in [0.3, 0.4) is 0 Å². The molecule has 3 aromatic rings. The number of aromatic nitrogens is 2. The summed E-state index contributed by atoms with van der Waals surface area (Å²) in [5, 5.41) is 9.29. The maximum absolute atomic E-state index is 14.5. The van der Waals surface area contributed by atoms with Gasteiger partial charge >= 0.3 is 0 Å². The first kappa shape index (κ1) is 21.0. The number of hydrogen-bond donors (Lipinski definition) is 0. The number of fused-ring (bicyclic) bond motifs is 1. The van der Waals surface area contributed by atoms with Gasteiger partial charge in [-0.2, -0.15) is 5.26 Å². The number of aryl methyl sites for hydroxylation is 2. The number of nitrogens with zero attached hydrogens (tertiary/aromatic N) is 5. The molecule has 0 spiro atoms. The second kappa shape index (κ2) is 8.12. The summed E-state index contributed by atoms with van der Waals surface area (Å²) in [7, 11) is 1.71. The van der Waals surface area contributed by atoms with Crippen molar-refractivity contribution in [2.75, 3.05) is 24.5 Å². The molecule has 2 atom stereocenters. The molecule has 2 unspecified atom stereocenters. The largest absolute Gasteiger partial charge is 0.364 e. The van der Waals surface area contributed by atoms with Crippen molar-refractivity contribution in [2.45, 2.75) is 32.9 Å². The molecule has 0 aliphatic carbocycles. The lowest BCUT2D eigenvalue weighted by molar-refractivity contribution is 0.172. The maximum Gasteiger partial charge on any atom is 0.252 e. The Bertz CT molecular complexity index is 1220. The van der Waals surface area contributed by atoms with Gasteiger partial charge in [-0.05, 0) is 44.5 Å². The van der Waals surface area contributed by atoms with E-state index in [0.717, 1.165) is 29.9 Å². The Morgan fingerprint density at radius 1 is 1.26 bits per heavy atom. The first-order valence-corrected chi connectivity index (χ1v) is 10.5. The Hall–Kier alpha value is -3.24. The van der Waals surface area contributed by atoms with Crippen molar-refractivity contribution in [1.29, 1.82) is 5.26 Å². The summed E-state index contributed by atoms with van der Waals surface area (Å²) in [6.45, 7) is 8.23. The molecule has 1 fully saturated rings. The van der Waals surface area contributed by atoms with E-state index < -0.39 is 0 Å². The minimum Gasteiger partial charge on any atom is -0.364 e. The van der Waals surface area contributed by atoms with Crippen molar-refractivity contribution in [3.8, 4) is 6.07 Å². The third-order valence-corrected chi connectivity index (χ3v) is 6.39. The van der Waals surface area contributed by atoms with Crippen molar-refractivity contribution in [1.82, 2.24) is 14.5 Å². The van der Waals surface area contributed by atoms with Gasteiger partial charge in [0.1, 0.15) is 23.1 Å². The van der Waals surface area contributed by atoms with E-state index in [4.69, 9.17) is 0 Å². The molecular weight excluding hydrogens is 393 g/mol. The zero-order valence-electron chi connectivity index (χ0n) is 18.3. The summed E-state index contributed by atoms with van der Waals surface area (Å²) in [5.74, 6) is -0.173. The molecule has 31 heavy (non-hydrogen) atoms. The Morgan fingerprint density at radius 2 is 2.03 bits per heavy atom. The highest BCUT2D eigenvalue weighted by molar-refractivity contribution is 5.88. The average Bonchev–Trinajstić information content (AvgIpc) is 2.75. The zero-order valence-corrected chi connectivity index (χ0v) is 18.3. The highest BCUT2D eigenvalue weighted by atomic mass is 19.1. The van der Waals surface area contributed by atoms with Crippen molar-refractivity contribution in [3.05, 3.63) is 69.4 Å². The van der Waals surface area contributed by atoms with E-state index in [2.05, 4.69) is 27.8 Å². The number of nitriles is 1. The molecule has 3 heterocycles. The molecule has 0 N–H and O–H groups in total. The van der Waals surface area contributed by atoms with Crippen LogP contribution < -0.4 is 10.5 Å². The predicted octanol–water partition coefficient (Wildman–Crippen LogP) is 3.52. The fourth-order valence-electron chi connectivity index (χ4n) is 4.64. The first-order valence-electron chi connectivity index (χ1n) is 10.5. The number of rotatable bonds is 3. The molecule has 2 aromatic heterocycles. The average molecular weight is 420 g/mol. The quantitative estimate of drug-likeness (QED) is 0.650. The van der Waals surface area contributed by atoms with Gasteiger partial charge < -0.3 is 9.47 Å². The van der Waals surface area contributed by atoms with Crippen molar-refractivity contribution in [3.63, 3.8) is 0 Å². The minimum absolute atomic E-state index is 0.0468. The second-order valence-electron chi connectivity index (χ2n) is 8.29. The van der Waals surface area contributed by atoms with E-state index in [-0.39, 0.29) is 23.5 Å². The van der Waals surface area contributed by atoms with Crippen LogP contribution in [0.2, 0.25) is 0 Å². The monoisotopic (exact) mass is 419 g/mol. The fourth-order valence-corrected chi connectivity index (χ4v) is 4.64. The molecule has 1 aliphatic heterocycles. The maximum atomic E-state index is 14.5. The Balaban J connectivity index is 1.67. The van der Waals surface area contributed by atoms with Gasteiger partial charge in [0, 0.05) is 50.4 Å². The fraction of sp³-hybridized carbons (Fsp3) is 0.375. The lowest BCUT2D eigenvalue weighted by Gasteiger charge is -2.44. The van der Waals surface area contributed by atoms with Crippen LogP contribution in [0.1, 0.15) is 36.7 Å². The third-order valence-electron chi connectivity index (χ3n) is 6.39. The predicted molar refractivity (Wildman–Crippen MR) is 120 cm³/mol. The number of benzene rings is 1. The van der Waals surface area contributed by atoms with Crippen LogP contribution in [-0.2, 0) is 7.05 Å². The van der Waals surface area contributed by atoms with Crippen LogP contribution in [0.25, 0.3) is 11.0 Å². The van der Waals surface area contributed by atoms with Gasteiger partial charge in [0.25, 0.3) is 5.56 Å². The zero-order chi connectivity index (χ0) is 22.3. The number of anilines is 1. The van der Waals surface area contributed by atoms with Crippen LogP contribution in [0.5, 0.6) is 0 Å².